The molecule has 3 rings (SSSR count). The number of sulfonamides is 1. The molecule has 40 heavy (non-hydrogen) atoms. The molecule has 2 atom stereocenters. The van der Waals surface area contributed by atoms with Gasteiger partial charge in [-0.25, -0.2) is 12.7 Å². The summed E-state index contributed by atoms with van der Waals surface area (Å²) in [6.07, 6.45) is 0.278. The molecule has 1 aliphatic heterocycles. The number of ether oxygens (including phenoxy) is 1. The van der Waals surface area contributed by atoms with Crippen LogP contribution in [0.15, 0.2) is 59.5 Å². The molecule has 214 valence electrons. The van der Waals surface area contributed by atoms with E-state index in [1.807, 2.05) is 18.2 Å². The van der Waals surface area contributed by atoms with Crippen LogP contribution in [-0.4, -0.2) is 60.9 Å². The summed E-state index contributed by atoms with van der Waals surface area (Å²) < 4.78 is 31.1. The number of hydrogen-bond donors (Lipinski definition) is 3. The predicted molar refractivity (Wildman–Crippen MR) is 143 cm³/mol. The summed E-state index contributed by atoms with van der Waals surface area (Å²) in [5, 5.41) is 4.93. The minimum atomic E-state index is -3.91. The van der Waals surface area contributed by atoms with Gasteiger partial charge in [0.1, 0.15) is 23.6 Å². The maximum Gasteiger partial charge on any atom is 0.306 e. The fourth-order valence-electron chi connectivity index (χ4n) is 4.03. The first kappa shape index (κ1) is 30.3. The van der Waals surface area contributed by atoms with E-state index in [1.165, 1.54) is 19.1 Å². The molecule has 0 aliphatic carbocycles. The van der Waals surface area contributed by atoms with Gasteiger partial charge in [-0.2, -0.15) is 0 Å². The Morgan fingerprint density at radius 3 is 2.30 bits per heavy atom. The van der Waals surface area contributed by atoms with Crippen LogP contribution in [0.4, 0.5) is 0 Å². The largest absolute Gasteiger partial charge is 0.461 e. The highest BCUT2D eigenvalue weighted by Gasteiger charge is 2.40. The van der Waals surface area contributed by atoms with Gasteiger partial charge in [0.15, 0.2) is 0 Å². The van der Waals surface area contributed by atoms with Crippen LogP contribution in [0.25, 0.3) is 0 Å². The number of primary amides is 1. The lowest BCUT2D eigenvalue weighted by Gasteiger charge is -2.19. The Labute approximate surface area is 232 Å². The number of hydrogen-bond acceptors (Lipinski definition) is 8. The highest BCUT2D eigenvalue weighted by Crippen LogP contribution is 2.30. The molecule has 2 aromatic carbocycles. The average Bonchev–Trinajstić information content (AvgIpc) is 3.12. The molecule has 0 spiro atoms. The average molecular weight is 573 g/mol. The second-order valence-corrected chi connectivity index (χ2v) is 11.1. The molecule has 0 saturated carbocycles. The molecule has 12 nitrogen and oxygen atoms in total. The van der Waals surface area contributed by atoms with Crippen LogP contribution in [0, 0.1) is 0 Å². The summed E-state index contributed by atoms with van der Waals surface area (Å²) in [6, 6.07) is 12.9. The van der Waals surface area contributed by atoms with Crippen molar-refractivity contribution in [2.45, 2.75) is 62.6 Å². The number of esters is 1. The minimum absolute atomic E-state index is 0.0147. The van der Waals surface area contributed by atoms with Crippen molar-refractivity contribution in [3.63, 3.8) is 0 Å². The Kier molecular flexibility index (Phi) is 10.4. The third kappa shape index (κ3) is 7.88. The maximum atomic E-state index is 12.6. The van der Waals surface area contributed by atoms with Crippen molar-refractivity contribution < 1.29 is 37.1 Å². The summed E-state index contributed by atoms with van der Waals surface area (Å²) >= 11 is 0. The Balaban J connectivity index is 1.37. The summed E-state index contributed by atoms with van der Waals surface area (Å²) in [5.41, 5.74) is 6.29. The van der Waals surface area contributed by atoms with Gasteiger partial charge in [0.25, 0.3) is 15.9 Å². The standard InChI is InChI=1S/C27H32N4O8S/c1-18(26(35)30-21(25(28)34)14-15-24(33)39-17-19-9-3-2-4-10-19)29-23(32)13-7-8-16-31-27(36)20-11-5-6-12-22(20)40(31,37)38/h2-6,9-12,18,21H,7-8,13-17H2,1H3,(H2,28,34)(H,29,32)(H,30,35)/t18-,21-/m0/s1. The third-order valence-electron chi connectivity index (χ3n) is 6.24. The summed E-state index contributed by atoms with van der Waals surface area (Å²) in [6.45, 7) is 1.42. The second kappa shape index (κ2) is 13.7. The molecule has 0 fully saturated rings. The topological polar surface area (TPSA) is 182 Å². The van der Waals surface area contributed by atoms with Crippen LogP contribution in [0.5, 0.6) is 0 Å². The Morgan fingerprint density at radius 2 is 1.62 bits per heavy atom. The monoisotopic (exact) mass is 572 g/mol. The van der Waals surface area contributed by atoms with Crippen molar-refractivity contribution in [3.05, 3.63) is 65.7 Å². The van der Waals surface area contributed by atoms with E-state index in [4.69, 9.17) is 10.5 Å². The van der Waals surface area contributed by atoms with Crippen molar-refractivity contribution in [2.75, 3.05) is 6.54 Å². The molecule has 2 aromatic rings. The van der Waals surface area contributed by atoms with Crippen LogP contribution >= 0.6 is 0 Å². The van der Waals surface area contributed by atoms with Gasteiger partial charge in [0.05, 0.1) is 5.56 Å². The zero-order chi connectivity index (χ0) is 29.3. The summed E-state index contributed by atoms with van der Waals surface area (Å²) in [5.74, 6) is -3.13. The zero-order valence-electron chi connectivity index (χ0n) is 22.0. The molecule has 1 heterocycles. The molecular formula is C27H32N4O8S. The maximum absolute atomic E-state index is 12.6. The second-order valence-electron chi connectivity index (χ2n) is 9.27. The molecular weight excluding hydrogens is 540 g/mol. The zero-order valence-corrected chi connectivity index (χ0v) is 22.8. The smallest absolute Gasteiger partial charge is 0.306 e. The lowest BCUT2D eigenvalue weighted by molar-refractivity contribution is -0.145. The van der Waals surface area contributed by atoms with Crippen molar-refractivity contribution in [2.24, 2.45) is 5.73 Å². The van der Waals surface area contributed by atoms with Crippen LogP contribution in [0.1, 0.15) is 54.9 Å². The van der Waals surface area contributed by atoms with Crippen LogP contribution in [0.3, 0.4) is 0 Å². The molecule has 4 amide bonds. The highest BCUT2D eigenvalue weighted by atomic mass is 32.2. The SMILES string of the molecule is C[C@H](NC(=O)CCCCN1C(=O)c2ccccc2S1(=O)=O)C(=O)N[C@@H](CCC(=O)OCc1ccccc1)C(N)=O. The van der Waals surface area contributed by atoms with E-state index in [-0.39, 0.29) is 55.7 Å². The molecule has 4 N–H and O–H groups in total. The number of nitrogens with one attached hydrogen (secondary N) is 2. The van der Waals surface area contributed by atoms with Gasteiger partial charge in [0, 0.05) is 19.4 Å². The fourth-order valence-corrected chi connectivity index (χ4v) is 5.63. The van der Waals surface area contributed by atoms with Gasteiger partial charge in [-0.15, -0.1) is 0 Å². The number of nitrogens with zero attached hydrogens (tertiary/aromatic N) is 1. The van der Waals surface area contributed by atoms with E-state index < -0.39 is 51.7 Å². The Hall–Kier alpha value is -4.26. The molecule has 0 aromatic heterocycles. The summed E-state index contributed by atoms with van der Waals surface area (Å²) in [4.78, 5) is 61.0. The van der Waals surface area contributed by atoms with Gasteiger partial charge >= 0.3 is 5.97 Å². The predicted octanol–water partition coefficient (Wildman–Crippen LogP) is 1.000. The van der Waals surface area contributed by atoms with Crippen molar-refractivity contribution in [1.29, 1.82) is 0 Å². The molecule has 0 saturated heterocycles. The minimum Gasteiger partial charge on any atom is -0.461 e. The number of nitrogens with two attached hydrogens (primary N) is 1. The van der Waals surface area contributed by atoms with E-state index in [2.05, 4.69) is 10.6 Å². The van der Waals surface area contributed by atoms with Crippen LogP contribution < -0.4 is 16.4 Å². The van der Waals surface area contributed by atoms with E-state index in [0.29, 0.717) is 0 Å². The van der Waals surface area contributed by atoms with E-state index >= 15 is 0 Å². The molecule has 0 radical (unpaired) electrons. The number of carbonyl (C=O) groups excluding carboxylic acids is 5. The van der Waals surface area contributed by atoms with Crippen LogP contribution in [-0.2, 0) is 40.5 Å². The quantitative estimate of drug-likeness (QED) is 0.221. The lowest BCUT2D eigenvalue weighted by Crippen LogP contribution is -2.52. The van der Waals surface area contributed by atoms with Crippen molar-refractivity contribution in [1.82, 2.24) is 14.9 Å². The molecule has 1 aliphatic rings. The number of amides is 4. The first-order chi connectivity index (χ1) is 19.0. The van der Waals surface area contributed by atoms with Gasteiger partial charge in [0.2, 0.25) is 17.7 Å². The number of rotatable bonds is 14. The number of carbonyl (C=O) groups is 5. The van der Waals surface area contributed by atoms with Gasteiger partial charge in [-0.1, -0.05) is 42.5 Å². The Morgan fingerprint density at radius 1 is 0.950 bits per heavy atom. The van der Waals surface area contributed by atoms with Gasteiger partial charge < -0.3 is 21.1 Å². The molecule has 13 heteroatoms. The number of unbranched alkanes of at least 4 members (excludes halogenated alkanes) is 1. The van der Waals surface area contributed by atoms with E-state index in [9.17, 15) is 32.4 Å². The summed E-state index contributed by atoms with van der Waals surface area (Å²) in [7, 11) is -3.91. The highest BCUT2D eigenvalue weighted by molar-refractivity contribution is 7.90. The van der Waals surface area contributed by atoms with E-state index in [0.717, 1.165) is 9.87 Å². The van der Waals surface area contributed by atoms with Gasteiger partial charge in [-0.3, -0.25) is 24.0 Å². The fraction of sp³-hybridized carbons (Fsp3) is 0.370. The molecule has 0 unspecified atom stereocenters. The normalized spacial score (nSPS) is 15.0. The Bertz CT molecular complexity index is 1360. The van der Waals surface area contributed by atoms with E-state index in [1.54, 1.807) is 24.3 Å². The lowest BCUT2D eigenvalue weighted by atomic mass is 10.1. The van der Waals surface area contributed by atoms with Crippen molar-refractivity contribution >= 4 is 39.6 Å². The third-order valence-corrected chi connectivity index (χ3v) is 8.08. The molecule has 0 bridgehead atoms. The van der Waals surface area contributed by atoms with Crippen molar-refractivity contribution in [3.8, 4) is 0 Å². The first-order valence-electron chi connectivity index (χ1n) is 12.8. The van der Waals surface area contributed by atoms with Gasteiger partial charge in [-0.05, 0) is 43.9 Å². The number of benzene rings is 2. The first-order valence-corrected chi connectivity index (χ1v) is 14.2. The number of fused-ring (bicyclic) bond motifs is 1. The van der Waals surface area contributed by atoms with Crippen LogP contribution in [0.2, 0.25) is 0 Å².